The van der Waals surface area contributed by atoms with Gasteiger partial charge in [0, 0.05) is 39.5 Å². The van der Waals surface area contributed by atoms with Crippen molar-refractivity contribution in [3.05, 3.63) is 240 Å². The number of para-hydroxylation sites is 1. The fourth-order valence-corrected chi connectivity index (χ4v) is 9.95. The van der Waals surface area contributed by atoms with Gasteiger partial charge in [0.15, 0.2) is 0 Å². The van der Waals surface area contributed by atoms with E-state index < -0.39 is 5.41 Å². The summed E-state index contributed by atoms with van der Waals surface area (Å²) in [6.07, 6.45) is 12.5. The van der Waals surface area contributed by atoms with Gasteiger partial charge in [-0.25, -0.2) is 0 Å². The highest BCUT2D eigenvalue weighted by molar-refractivity contribution is 6.15. The van der Waals surface area contributed by atoms with E-state index >= 15 is 0 Å². The lowest BCUT2D eigenvalue weighted by Gasteiger charge is -2.34. The van der Waals surface area contributed by atoms with Gasteiger partial charge in [-0.1, -0.05) is 176 Å². The van der Waals surface area contributed by atoms with Crippen molar-refractivity contribution in [2.45, 2.75) is 18.8 Å². The maximum absolute atomic E-state index is 6.94. The Labute approximate surface area is 356 Å². The maximum Gasteiger partial charge on any atom is 0.143 e. The number of rotatable bonds is 8. The van der Waals surface area contributed by atoms with Crippen LogP contribution in [0.3, 0.4) is 0 Å². The molecule has 2 nitrogen and oxygen atoms in total. The molecule has 0 aliphatic heterocycles. The number of fused-ring (bicyclic) bond motifs is 10. The number of hydrogen-bond donors (Lipinski definition) is 0. The average molecular weight is 780 g/mol. The first-order valence-corrected chi connectivity index (χ1v) is 21.0. The molecular formula is C59H41NO. The molecule has 1 heterocycles. The van der Waals surface area contributed by atoms with Gasteiger partial charge in [0.25, 0.3) is 0 Å². The zero-order chi connectivity index (χ0) is 40.9. The Hall–Kier alpha value is -7.86. The minimum Gasteiger partial charge on any atom is -0.455 e. The lowest BCUT2D eigenvalue weighted by Crippen LogP contribution is -2.28. The van der Waals surface area contributed by atoms with Crippen LogP contribution in [0.15, 0.2) is 217 Å². The molecule has 11 rings (SSSR count). The summed E-state index contributed by atoms with van der Waals surface area (Å²) >= 11 is 0. The normalized spacial score (nSPS) is 13.2. The van der Waals surface area contributed by atoms with Crippen LogP contribution in [-0.4, -0.2) is 0 Å². The van der Waals surface area contributed by atoms with Gasteiger partial charge in [-0.15, -0.1) is 12.3 Å². The molecule has 0 bridgehead atoms. The van der Waals surface area contributed by atoms with Crippen LogP contribution in [0, 0.1) is 12.3 Å². The molecule has 0 radical (unpaired) electrons. The Bertz CT molecular complexity index is 3360. The SMILES string of the molecule is C#CC/C=C\C(=C/C)c1ccc(N(c2ccc3c(c2)-c2c(ccc4c2oc2ccccc24)C3(c2ccccc2)c2ccccc2)c2cc3ccccc3c3ccccc23)cc1. The molecule has 61 heavy (non-hydrogen) atoms. The van der Waals surface area contributed by atoms with Gasteiger partial charge in [0.1, 0.15) is 11.2 Å². The van der Waals surface area contributed by atoms with Crippen LogP contribution in [0.25, 0.3) is 60.2 Å². The van der Waals surface area contributed by atoms with Crippen LogP contribution in [-0.2, 0) is 5.41 Å². The van der Waals surface area contributed by atoms with E-state index in [0.717, 1.165) is 61.3 Å². The summed E-state index contributed by atoms with van der Waals surface area (Å²) in [6, 6.07) is 70.8. The third kappa shape index (κ3) is 5.66. The van der Waals surface area contributed by atoms with E-state index in [1.807, 2.05) is 6.08 Å². The topological polar surface area (TPSA) is 16.4 Å². The van der Waals surface area contributed by atoms with E-state index in [1.165, 1.54) is 43.8 Å². The minimum atomic E-state index is -0.586. The number of nitrogens with zero attached hydrogens (tertiary/aromatic N) is 1. The molecule has 1 aliphatic carbocycles. The van der Waals surface area contributed by atoms with E-state index in [1.54, 1.807) is 0 Å². The third-order valence-corrected chi connectivity index (χ3v) is 12.6. The quantitative estimate of drug-likeness (QED) is 0.0868. The van der Waals surface area contributed by atoms with E-state index in [0.29, 0.717) is 6.42 Å². The van der Waals surface area contributed by atoms with Crippen molar-refractivity contribution in [1.82, 2.24) is 0 Å². The van der Waals surface area contributed by atoms with Crippen molar-refractivity contribution < 1.29 is 4.42 Å². The second-order valence-corrected chi connectivity index (χ2v) is 15.8. The van der Waals surface area contributed by atoms with Crippen LogP contribution in [0.2, 0.25) is 0 Å². The van der Waals surface area contributed by atoms with Crippen LogP contribution in [0.4, 0.5) is 17.1 Å². The van der Waals surface area contributed by atoms with Crippen molar-refractivity contribution in [3.8, 4) is 23.5 Å². The van der Waals surface area contributed by atoms with Gasteiger partial charge >= 0.3 is 0 Å². The molecule has 10 aromatic rings. The summed E-state index contributed by atoms with van der Waals surface area (Å²) in [7, 11) is 0. The molecule has 0 spiro atoms. The van der Waals surface area contributed by atoms with Crippen molar-refractivity contribution in [1.29, 1.82) is 0 Å². The highest BCUT2D eigenvalue weighted by atomic mass is 16.3. The first kappa shape index (κ1) is 36.2. The molecule has 288 valence electrons. The molecule has 0 amide bonds. The van der Waals surface area contributed by atoms with Crippen LogP contribution >= 0.6 is 0 Å². The predicted octanol–water partition coefficient (Wildman–Crippen LogP) is 15.7. The largest absolute Gasteiger partial charge is 0.455 e. The third-order valence-electron chi connectivity index (χ3n) is 12.6. The second kappa shape index (κ2) is 14.8. The van der Waals surface area contributed by atoms with Gasteiger partial charge in [0.05, 0.1) is 11.1 Å². The molecular weight excluding hydrogens is 739 g/mol. The highest BCUT2D eigenvalue weighted by Crippen LogP contribution is 2.59. The summed E-state index contributed by atoms with van der Waals surface area (Å²) in [5, 5.41) is 7.06. The molecule has 0 N–H and O–H groups in total. The van der Waals surface area contributed by atoms with Crippen LogP contribution < -0.4 is 4.90 Å². The standard InChI is InChI=1S/C59H41NO/c1-3-5-8-19-40(4-2)41-30-32-45(33-31-41)60(55-38-42-20-13-14-25-47(42)48-26-15-16-27-49(48)55)46-34-36-53-52(39-46)57-54(37-35-51-50-28-17-18-29-56(50)61-58(51)57)59(53,43-21-9-6-10-22-43)44-23-11-7-12-24-44/h1,4,6-39H,5H2,2H3/b19-8-,40-4+. The molecule has 2 heteroatoms. The van der Waals surface area contributed by atoms with Crippen molar-refractivity contribution >= 4 is 66.1 Å². The summed E-state index contributed by atoms with van der Waals surface area (Å²) in [5.41, 5.74) is 13.9. The maximum atomic E-state index is 6.94. The Morgan fingerprint density at radius 2 is 1.21 bits per heavy atom. The Balaban J connectivity index is 1.22. The van der Waals surface area contributed by atoms with Crippen molar-refractivity contribution in [2.24, 2.45) is 0 Å². The first-order chi connectivity index (χ1) is 30.2. The zero-order valence-corrected chi connectivity index (χ0v) is 33.8. The summed E-state index contributed by atoms with van der Waals surface area (Å²) in [5.74, 6) is 2.72. The number of furan rings is 1. The van der Waals surface area contributed by atoms with Crippen LogP contribution in [0.5, 0.6) is 0 Å². The van der Waals surface area contributed by atoms with Gasteiger partial charge in [-0.05, 0) is 98.4 Å². The lowest BCUT2D eigenvalue weighted by atomic mass is 9.67. The molecule has 1 aromatic heterocycles. The number of anilines is 3. The molecule has 0 fully saturated rings. The summed E-state index contributed by atoms with van der Waals surface area (Å²) < 4.78 is 6.94. The summed E-state index contributed by atoms with van der Waals surface area (Å²) in [6.45, 7) is 2.07. The summed E-state index contributed by atoms with van der Waals surface area (Å²) in [4.78, 5) is 2.44. The van der Waals surface area contributed by atoms with Gasteiger partial charge in [-0.3, -0.25) is 0 Å². The Morgan fingerprint density at radius 3 is 1.93 bits per heavy atom. The molecule has 0 saturated heterocycles. The van der Waals surface area contributed by atoms with Gasteiger partial charge in [-0.2, -0.15) is 0 Å². The highest BCUT2D eigenvalue weighted by Gasteiger charge is 2.47. The predicted molar refractivity (Wildman–Crippen MR) is 257 cm³/mol. The van der Waals surface area contributed by atoms with E-state index in [-0.39, 0.29) is 0 Å². The molecule has 0 atom stereocenters. The van der Waals surface area contributed by atoms with E-state index in [9.17, 15) is 0 Å². The molecule has 9 aromatic carbocycles. The molecule has 0 saturated carbocycles. The van der Waals surface area contributed by atoms with Crippen LogP contribution in [0.1, 0.15) is 41.2 Å². The van der Waals surface area contributed by atoms with Gasteiger partial charge < -0.3 is 9.32 Å². The van der Waals surface area contributed by atoms with Crippen molar-refractivity contribution in [3.63, 3.8) is 0 Å². The molecule has 0 unspecified atom stereocenters. The molecule has 1 aliphatic rings. The van der Waals surface area contributed by atoms with E-state index in [2.05, 4.69) is 224 Å². The Kier molecular flexibility index (Phi) is 8.76. The second-order valence-electron chi connectivity index (χ2n) is 15.8. The monoisotopic (exact) mass is 779 g/mol. The van der Waals surface area contributed by atoms with Gasteiger partial charge in [0.2, 0.25) is 0 Å². The number of hydrogen-bond acceptors (Lipinski definition) is 2. The minimum absolute atomic E-state index is 0.586. The van der Waals surface area contributed by atoms with E-state index in [4.69, 9.17) is 10.8 Å². The fourth-order valence-electron chi connectivity index (χ4n) is 9.95. The average Bonchev–Trinajstić information content (AvgIpc) is 3.85. The number of allylic oxidation sites excluding steroid dienone is 4. The fraction of sp³-hybridized carbons (Fsp3) is 0.0508. The van der Waals surface area contributed by atoms with Crippen molar-refractivity contribution in [2.75, 3.05) is 4.90 Å². The number of terminal acetylenes is 1. The first-order valence-electron chi connectivity index (χ1n) is 21.0. The Morgan fingerprint density at radius 1 is 0.590 bits per heavy atom. The zero-order valence-electron chi connectivity index (χ0n) is 33.8. The number of benzene rings is 9. The smallest absolute Gasteiger partial charge is 0.143 e. The lowest BCUT2D eigenvalue weighted by molar-refractivity contribution is 0.669.